The maximum Gasteiger partial charge on any atom is 0.405 e. The van der Waals surface area contributed by atoms with Crippen LogP contribution in [0, 0.1) is 5.92 Å². The lowest BCUT2D eigenvalue weighted by Crippen LogP contribution is -2.50. The molecule has 4 rings (SSSR count). The van der Waals surface area contributed by atoms with Gasteiger partial charge < -0.3 is 16.0 Å². The summed E-state index contributed by atoms with van der Waals surface area (Å²) in [5.74, 6) is -1.97. The van der Waals surface area contributed by atoms with Gasteiger partial charge in [-0.15, -0.1) is 23.2 Å². The molecule has 194 valence electrons. The van der Waals surface area contributed by atoms with Crippen molar-refractivity contribution in [2.24, 2.45) is 5.92 Å². The highest BCUT2D eigenvalue weighted by Gasteiger charge is 2.63. The number of alkyl halides is 5. The monoisotopic (exact) mass is 601 g/mol. The molecule has 0 aromatic heterocycles. The topological polar surface area (TPSA) is 70.2 Å². The highest BCUT2D eigenvalue weighted by molar-refractivity contribution is 6.52. The first-order chi connectivity index (χ1) is 16.7. The number of hydrogen-bond acceptors (Lipinski definition) is 3. The van der Waals surface area contributed by atoms with Crippen molar-refractivity contribution in [3.05, 3.63) is 62.6 Å². The standard InChI is InChI=1S/C23H19Cl5F3N3O2/c24-12-5-11(6-13(25)7-12)18-16(23(18,27)28)9-32-14-1-2-17(26)15(8-14)19(35)34-21(3-4-21)20(36)33-10-22(29,30)31/h1-2,5-8,16,18,32H,3-4,9-10H2,(H,33,36)(H,34,35). The molecule has 2 aromatic carbocycles. The molecule has 0 radical (unpaired) electrons. The Morgan fingerprint density at radius 2 is 1.64 bits per heavy atom. The quantitative estimate of drug-likeness (QED) is 0.299. The maximum absolute atomic E-state index is 12.8. The Balaban J connectivity index is 1.40. The fourth-order valence-electron chi connectivity index (χ4n) is 4.06. The molecular weight excluding hydrogens is 585 g/mol. The van der Waals surface area contributed by atoms with E-state index in [9.17, 15) is 22.8 Å². The molecule has 2 aromatic rings. The minimum Gasteiger partial charge on any atom is -0.385 e. The Labute approximate surface area is 229 Å². The predicted molar refractivity (Wildman–Crippen MR) is 136 cm³/mol. The molecule has 2 amide bonds. The fourth-order valence-corrected chi connectivity index (χ4v) is 5.64. The molecule has 2 saturated carbocycles. The number of anilines is 1. The molecule has 3 N–H and O–H groups in total. The Kier molecular flexibility index (Phi) is 7.59. The van der Waals surface area contributed by atoms with Crippen LogP contribution in [0.25, 0.3) is 0 Å². The van der Waals surface area contributed by atoms with E-state index < -0.39 is 34.4 Å². The SMILES string of the molecule is O=C(NC1(C(=O)NCC(F)(F)F)CC1)c1cc(NCC2C(c3cc(Cl)cc(Cl)c3)C2(Cl)Cl)ccc1Cl. The van der Waals surface area contributed by atoms with E-state index in [1.54, 1.807) is 24.3 Å². The lowest BCUT2D eigenvalue weighted by Gasteiger charge is -2.19. The average molecular weight is 604 g/mol. The zero-order chi connectivity index (χ0) is 26.5. The zero-order valence-electron chi connectivity index (χ0n) is 18.3. The van der Waals surface area contributed by atoms with Gasteiger partial charge in [-0.3, -0.25) is 9.59 Å². The van der Waals surface area contributed by atoms with Gasteiger partial charge in [0.1, 0.15) is 16.4 Å². The van der Waals surface area contributed by atoms with E-state index in [0.29, 0.717) is 22.3 Å². The van der Waals surface area contributed by atoms with Gasteiger partial charge in [0.2, 0.25) is 5.91 Å². The van der Waals surface area contributed by atoms with Gasteiger partial charge in [-0.2, -0.15) is 13.2 Å². The molecule has 2 unspecified atom stereocenters. The van der Waals surface area contributed by atoms with E-state index in [1.165, 1.54) is 12.1 Å². The third-order valence-electron chi connectivity index (χ3n) is 6.17. The van der Waals surface area contributed by atoms with Crippen molar-refractivity contribution >= 4 is 75.5 Å². The molecule has 2 fully saturated rings. The molecular formula is C23H19Cl5F3N3O2. The molecule has 0 aliphatic heterocycles. The largest absolute Gasteiger partial charge is 0.405 e. The molecule has 0 spiro atoms. The number of hydrogen-bond donors (Lipinski definition) is 3. The first-order valence-corrected chi connectivity index (χ1v) is 12.7. The molecule has 2 aliphatic rings. The third kappa shape index (κ3) is 6.10. The van der Waals surface area contributed by atoms with E-state index in [0.717, 1.165) is 5.56 Å². The van der Waals surface area contributed by atoms with Crippen molar-refractivity contribution < 1.29 is 22.8 Å². The highest BCUT2D eigenvalue weighted by atomic mass is 35.5. The van der Waals surface area contributed by atoms with Gasteiger partial charge in [-0.25, -0.2) is 0 Å². The number of carbonyl (C=O) groups is 2. The highest BCUT2D eigenvalue weighted by Crippen LogP contribution is 2.65. The van der Waals surface area contributed by atoms with Crippen LogP contribution in [0.3, 0.4) is 0 Å². The molecule has 0 saturated heterocycles. The van der Waals surface area contributed by atoms with Crippen LogP contribution < -0.4 is 16.0 Å². The Hall–Kier alpha value is -1.58. The van der Waals surface area contributed by atoms with Gasteiger partial charge in [0, 0.05) is 34.1 Å². The van der Waals surface area contributed by atoms with E-state index in [4.69, 9.17) is 58.0 Å². The summed E-state index contributed by atoms with van der Waals surface area (Å²) in [5, 5.41) is 8.56. The van der Waals surface area contributed by atoms with Crippen LogP contribution in [0.2, 0.25) is 15.1 Å². The summed E-state index contributed by atoms with van der Waals surface area (Å²) in [6, 6.07) is 9.75. The van der Waals surface area contributed by atoms with Crippen molar-refractivity contribution in [1.82, 2.24) is 10.6 Å². The van der Waals surface area contributed by atoms with Crippen molar-refractivity contribution in [3.8, 4) is 0 Å². The lowest BCUT2D eigenvalue weighted by molar-refractivity contribution is -0.140. The van der Waals surface area contributed by atoms with E-state index in [1.807, 2.05) is 5.32 Å². The molecule has 5 nitrogen and oxygen atoms in total. The summed E-state index contributed by atoms with van der Waals surface area (Å²) in [7, 11) is 0. The molecule has 2 atom stereocenters. The first kappa shape index (κ1) is 27.5. The van der Waals surface area contributed by atoms with Crippen LogP contribution >= 0.6 is 58.0 Å². The van der Waals surface area contributed by atoms with Gasteiger partial charge in [0.05, 0.1) is 10.6 Å². The molecule has 0 bridgehead atoms. The second-order valence-corrected chi connectivity index (χ2v) is 11.6. The Morgan fingerprint density at radius 3 is 2.22 bits per heavy atom. The molecule has 36 heavy (non-hydrogen) atoms. The van der Waals surface area contributed by atoms with E-state index in [-0.39, 0.29) is 35.3 Å². The Morgan fingerprint density at radius 1 is 1.00 bits per heavy atom. The van der Waals surface area contributed by atoms with Gasteiger partial charge in [0.15, 0.2) is 0 Å². The predicted octanol–water partition coefficient (Wildman–Crippen LogP) is 6.59. The number of carbonyl (C=O) groups excluding carboxylic acids is 2. The Bertz CT molecular complexity index is 1180. The third-order valence-corrected chi connectivity index (χ3v) is 7.97. The lowest BCUT2D eigenvalue weighted by atomic mass is 10.1. The van der Waals surface area contributed by atoms with Crippen molar-refractivity contribution in [2.75, 3.05) is 18.4 Å². The summed E-state index contributed by atoms with van der Waals surface area (Å²) in [4.78, 5) is 25.1. The van der Waals surface area contributed by atoms with E-state index >= 15 is 0 Å². The van der Waals surface area contributed by atoms with Gasteiger partial charge in [-0.1, -0.05) is 34.8 Å². The summed E-state index contributed by atoms with van der Waals surface area (Å²) < 4.78 is 36.3. The van der Waals surface area contributed by atoms with E-state index in [2.05, 4.69) is 10.6 Å². The van der Waals surface area contributed by atoms with Crippen LogP contribution in [0.1, 0.15) is 34.7 Å². The summed E-state index contributed by atoms with van der Waals surface area (Å²) in [6.45, 7) is -1.12. The fraction of sp³-hybridized carbons (Fsp3) is 0.391. The van der Waals surface area contributed by atoms with Crippen LogP contribution in [0.5, 0.6) is 0 Å². The van der Waals surface area contributed by atoms with Crippen LogP contribution in [0.4, 0.5) is 18.9 Å². The second-order valence-electron chi connectivity index (χ2n) is 8.87. The van der Waals surface area contributed by atoms with Crippen LogP contribution in [0.15, 0.2) is 36.4 Å². The molecule has 2 aliphatic carbocycles. The molecule has 13 heteroatoms. The summed E-state index contributed by atoms with van der Waals surface area (Å²) in [5.41, 5.74) is 0.0215. The number of rotatable bonds is 8. The van der Waals surface area contributed by atoms with Crippen molar-refractivity contribution in [2.45, 2.75) is 34.8 Å². The number of halogens is 8. The second kappa shape index (κ2) is 9.95. The summed E-state index contributed by atoms with van der Waals surface area (Å²) in [6.07, 6.45) is -4.10. The first-order valence-electron chi connectivity index (χ1n) is 10.8. The van der Waals surface area contributed by atoms with Crippen LogP contribution in [-0.2, 0) is 4.79 Å². The zero-order valence-corrected chi connectivity index (χ0v) is 22.1. The minimum absolute atomic E-state index is 0.0635. The normalized spacial score (nSPS) is 21.4. The van der Waals surface area contributed by atoms with Gasteiger partial charge in [-0.05, 0) is 54.8 Å². The summed E-state index contributed by atoms with van der Waals surface area (Å²) >= 11 is 31.4. The maximum atomic E-state index is 12.8. The minimum atomic E-state index is -4.55. The van der Waals surface area contributed by atoms with Crippen molar-refractivity contribution in [3.63, 3.8) is 0 Å². The van der Waals surface area contributed by atoms with Gasteiger partial charge >= 0.3 is 6.18 Å². The number of amides is 2. The van der Waals surface area contributed by atoms with Gasteiger partial charge in [0.25, 0.3) is 5.91 Å². The average Bonchev–Trinajstić information content (AvgIpc) is 3.65. The smallest absolute Gasteiger partial charge is 0.385 e. The number of benzene rings is 2. The van der Waals surface area contributed by atoms with Crippen molar-refractivity contribution in [1.29, 1.82) is 0 Å². The number of nitrogens with one attached hydrogen (secondary N) is 3. The van der Waals surface area contributed by atoms with Crippen LogP contribution in [-0.4, -0.2) is 41.0 Å². The molecule has 0 heterocycles.